The molecular formula is C12H12NO. The maximum absolute atomic E-state index is 5.60. The standard InChI is InChI=1S/C12H12NO/c1-2-9-14-12-7-8-13-11-6-4-3-5-10(11)12/h3-7H,2,9H2,1H3. The minimum Gasteiger partial charge on any atom is -0.493 e. The van der Waals surface area contributed by atoms with E-state index in [-0.39, 0.29) is 0 Å². The van der Waals surface area contributed by atoms with Gasteiger partial charge in [0, 0.05) is 11.5 Å². The summed E-state index contributed by atoms with van der Waals surface area (Å²) in [5.74, 6) is 0.873. The van der Waals surface area contributed by atoms with Gasteiger partial charge in [0.1, 0.15) is 5.75 Å². The van der Waals surface area contributed by atoms with Crippen LogP contribution in [0.15, 0.2) is 30.3 Å². The highest BCUT2D eigenvalue weighted by molar-refractivity contribution is 5.84. The minimum atomic E-state index is 0.738. The summed E-state index contributed by atoms with van der Waals surface area (Å²) in [7, 11) is 0. The van der Waals surface area contributed by atoms with Crippen molar-refractivity contribution in [2.45, 2.75) is 13.3 Å². The smallest absolute Gasteiger partial charge is 0.130 e. The molecule has 0 amide bonds. The molecule has 0 saturated carbocycles. The van der Waals surface area contributed by atoms with Crippen molar-refractivity contribution in [2.24, 2.45) is 0 Å². The zero-order valence-corrected chi connectivity index (χ0v) is 8.16. The third-order valence-corrected chi connectivity index (χ3v) is 2.01. The van der Waals surface area contributed by atoms with E-state index in [2.05, 4.69) is 18.1 Å². The lowest BCUT2D eigenvalue weighted by atomic mass is 10.2. The van der Waals surface area contributed by atoms with E-state index < -0.39 is 0 Å². The summed E-state index contributed by atoms with van der Waals surface area (Å²) in [5.41, 5.74) is 0.932. The Morgan fingerprint density at radius 2 is 2.21 bits per heavy atom. The fourth-order valence-electron chi connectivity index (χ4n) is 1.35. The van der Waals surface area contributed by atoms with E-state index in [9.17, 15) is 0 Å². The quantitative estimate of drug-likeness (QED) is 0.735. The molecule has 14 heavy (non-hydrogen) atoms. The minimum absolute atomic E-state index is 0.738. The van der Waals surface area contributed by atoms with Gasteiger partial charge in [-0.3, -0.25) is 0 Å². The van der Waals surface area contributed by atoms with E-state index >= 15 is 0 Å². The molecule has 0 aliphatic carbocycles. The molecule has 2 aromatic rings. The van der Waals surface area contributed by atoms with Gasteiger partial charge in [-0.2, -0.15) is 0 Å². The summed E-state index contributed by atoms with van der Waals surface area (Å²) in [4.78, 5) is 4.14. The second-order valence-electron chi connectivity index (χ2n) is 3.12. The highest BCUT2D eigenvalue weighted by Gasteiger charge is 2.00. The van der Waals surface area contributed by atoms with Crippen molar-refractivity contribution in [1.29, 1.82) is 0 Å². The predicted octanol–water partition coefficient (Wildman–Crippen LogP) is 2.82. The van der Waals surface area contributed by atoms with Crippen LogP contribution in [0.3, 0.4) is 0 Å². The molecule has 0 N–H and O–H groups in total. The summed E-state index contributed by atoms with van der Waals surface area (Å²) < 4.78 is 5.60. The molecule has 0 fully saturated rings. The fraction of sp³-hybridized carbons (Fsp3) is 0.250. The second-order valence-corrected chi connectivity index (χ2v) is 3.12. The number of aromatic nitrogens is 1. The Labute approximate surface area is 83.5 Å². The topological polar surface area (TPSA) is 22.1 Å². The first-order chi connectivity index (χ1) is 6.92. The SMILES string of the molecule is CCCOc1c[c]nc2ccccc12. The zero-order chi connectivity index (χ0) is 9.80. The number of rotatable bonds is 3. The Balaban J connectivity index is 2.43. The molecule has 1 radical (unpaired) electrons. The number of pyridine rings is 1. The van der Waals surface area contributed by atoms with Crippen molar-refractivity contribution >= 4 is 10.9 Å². The van der Waals surface area contributed by atoms with Gasteiger partial charge in [0.25, 0.3) is 0 Å². The first-order valence-electron chi connectivity index (χ1n) is 4.80. The number of hydrogen-bond donors (Lipinski definition) is 0. The molecule has 0 atom stereocenters. The van der Waals surface area contributed by atoms with Gasteiger partial charge < -0.3 is 4.74 Å². The Bertz CT molecular complexity index is 420. The van der Waals surface area contributed by atoms with Gasteiger partial charge in [-0.05, 0) is 18.6 Å². The number of para-hydroxylation sites is 1. The van der Waals surface area contributed by atoms with Crippen molar-refractivity contribution in [1.82, 2.24) is 4.98 Å². The van der Waals surface area contributed by atoms with Crippen LogP contribution in [-0.4, -0.2) is 11.6 Å². The van der Waals surface area contributed by atoms with Crippen LogP contribution < -0.4 is 4.74 Å². The van der Waals surface area contributed by atoms with Gasteiger partial charge in [-0.15, -0.1) is 0 Å². The first-order valence-corrected chi connectivity index (χ1v) is 4.80. The Hall–Kier alpha value is -1.57. The largest absolute Gasteiger partial charge is 0.493 e. The molecular weight excluding hydrogens is 174 g/mol. The zero-order valence-electron chi connectivity index (χ0n) is 8.16. The Kier molecular flexibility index (Phi) is 2.63. The lowest BCUT2D eigenvalue weighted by Crippen LogP contribution is -1.96. The van der Waals surface area contributed by atoms with Crippen molar-refractivity contribution in [3.63, 3.8) is 0 Å². The molecule has 0 spiro atoms. The Morgan fingerprint density at radius 3 is 3.07 bits per heavy atom. The highest BCUT2D eigenvalue weighted by Crippen LogP contribution is 2.22. The molecule has 0 aliphatic heterocycles. The lowest BCUT2D eigenvalue weighted by Gasteiger charge is -2.06. The first kappa shape index (κ1) is 9.00. The second kappa shape index (κ2) is 4.09. The van der Waals surface area contributed by atoms with Gasteiger partial charge >= 0.3 is 0 Å². The molecule has 0 bridgehead atoms. The number of hydrogen-bond acceptors (Lipinski definition) is 2. The van der Waals surface area contributed by atoms with E-state index in [0.717, 1.165) is 29.7 Å². The molecule has 0 saturated heterocycles. The molecule has 0 aliphatic rings. The van der Waals surface area contributed by atoms with Crippen LogP contribution in [0.1, 0.15) is 13.3 Å². The fourth-order valence-corrected chi connectivity index (χ4v) is 1.35. The van der Waals surface area contributed by atoms with Crippen LogP contribution in [0.25, 0.3) is 10.9 Å². The predicted molar refractivity (Wildman–Crippen MR) is 56.4 cm³/mol. The average molecular weight is 186 g/mol. The third kappa shape index (κ3) is 1.69. The summed E-state index contributed by atoms with van der Waals surface area (Å²) in [6, 6.07) is 9.72. The normalized spacial score (nSPS) is 10.4. The van der Waals surface area contributed by atoms with Gasteiger partial charge in [-0.1, -0.05) is 19.1 Å². The van der Waals surface area contributed by atoms with Crippen molar-refractivity contribution in [3.05, 3.63) is 36.5 Å². The Morgan fingerprint density at radius 1 is 1.36 bits per heavy atom. The van der Waals surface area contributed by atoms with Crippen molar-refractivity contribution in [3.8, 4) is 5.75 Å². The van der Waals surface area contributed by atoms with E-state index in [0.29, 0.717) is 0 Å². The van der Waals surface area contributed by atoms with Gasteiger partial charge in [-0.25, -0.2) is 4.98 Å². The van der Waals surface area contributed by atoms with E-state index in [1.54, 1.807) is 6.07 Å². The molecule has 0 unspecified atom stereocenters. The van der Waals surface area contributed by atoms with Crippen LogP contribution in [0.4, 0.5) is 0 Å². The van der Waals surface area contributed by atoms with E-state index in [1.807, 2.05) is 24.3 Å². The molecule has 2 nitrogen and oxygen atoms in total. The maximum Gasteiger partial charge on any atom is 0.130 e. The molecule has 2 rings (SSSR count). The lowest BCUT2D eigenvalue weighted by molar-refractivity contribution is 0.321. The number of fused-ring (bicyclic) bond motifs is 1. The monoisotopic (exact) mass is 186 g/mol. The van der Waals surface area contributed by atoms with Crippen molar-refractivity contribution in [2.75, 3.05) is 6.61 Å². The van der Waals surface area contributed by atoms with E-state index in [1.165, 1.54) is 0 Å². The molecule has 2 heteroatoms. The molecule has 1 heterocycles. The average Bonchev–Trinajstić information content (AvgIpc) is 2.26. The number of nitrogens with zero attached hydrogens (tertiary/aromatic N) is 1. The van der Waals surface area contributed by atoms with Crippen LogP contribution in [0.2, 0.25) is 0 Å². The van der Waals surface area contributed by atoms with Gasteiger partial charge in [0.05, 0.1) is 18.3 Å². The summed E-state index contributed by atoms with van der Waals surface area (Å²) in [6.45, 7) is 2.83. The van der Waals surface area contributed by atoms with E-state index in [4.69, 9.17) is 4.74 Å². The molecule has 71 valence electrons. The van der Waals surface area contributed by atoms with Crippen LogP contribution in [0.5, 0.6) is 5.75 Å². The maximum atomic E-state index is 5.60. The molecule has 1 aromatic heterocycles. The summed E-state index contributed by atoms with van der Waals surface area (Å²) >= 11 is 0. The van der Waals surface area contributed by atoms with Crippen LogP contribution in [-0.2, 0) is 0 Å². The van der Waals surface area contributed by atoms with Crippen LogP contribution in [0, 0.1) is 6.20 Å². The summed E-state index contributed by atoms with van der Waals surface area (Å²) in [5, 5.41) is 1.06. The molecule has 1 aromatic carbocycles. The highest BCUT2D eigenvalue weighted by atomic mass is 16.5. The summed E-state index contributed by atoms with van der Waals surface area (Å²) in [6.07, 6.45) is 3.85. The number of benzene rings is 1. The van der Waals surface area contributed by atoms with Crippen molar-refractivity contribution < 1.29 is 4.74 Å². The number of ether oxygens (including phenoxy) is 1. The van der Waals surface area contributed by atoms with Crippen LogP contribution >= 0.6 is 0 Å². The van der Waals surface area contributed by atoms with Gasteiger partial charge in [0.2, 0.25) is 0 Å². The van der Waals surface area contributed by atoms with Gasteiger partial charge in [0.15, 0.2) is 0 Å². The third-order valence-electron chi connectivity index (χ3n) is 2.01.